The van der Waals surface area contributed by atoms with Crippen molar-refractivity contribution in [2.24, 2.45) is 0 Å². The maximum atomic E-state index is 11.8. The summed E-state index contributed by atoms with van der Waals surface area (Å²) in [5.41, 5.74) is 7.13. The lowest BCUT2D eigenvalue weighted by Crippen LogP contribution is -2.14. The predicted octanol–water partition coefficient (Wildman–Crippen LogP) is 7.23. The fraction of sp³-hybridized carbons (Fsp3) is 0.414. The number of hydrogen-bond donors (Lipinski definition) is 1. The molecule has 33 heavy (non-hydrogen) atoms. The van der Waals surface area contributed by atoms with Crippen molar-refractivity contribution in [2.75, 3.05) is 0 Å². The largest absolute Gasteiger partial charge is 0.478 e. The molecule has 0 saturated heterocycles. The standard InChI is InChI=1S/C29H32N2O2/c1-2-7-19-16-21-10-6-14-30-25-18-23(29(32)33)11-12-24(25)26(20-8-4-3-5-9-20)28(30)31-15-13-22(17-19)27(21)31/h11-13,15-18,20H,2-10,14H2,1H3,(H,32,33). The van der Waals surface area contributed by atoms with Gasteiger partial charge in [-0.2, -0.15) is 0 Å². The van der Waals surface area contributed by atoms with E-state index in [-0.39, 0.29) is 0 Å². The Morgan fingerprint density at radius 1 is 1.06 bits per heavy atom. The van der Waals surface area contributed by atoms with Crippen LogP contribution in [0.25, 0.3) is 27.6 Å². The molecule has 170 valence electrons. The van der Waals surface area contributed by atoms with Crippen LogP contribution in [0.15, 0.2) is 42.6 Å². The van der Waals surface area contributed by atoms with Gasteiger partial charge in [-0.1, -0.05) is 44.7 Å². The highest BCUT2D eigenvalue weighted by molar-refractivity contribution is 5.97. The molecule has 0 radical (unpaired) electrons. The number of carboxylic acids is 1. The van der Waals surface area contributed by atoms with Gasteiger partial charge >= 0.3 is 5.97 Å². The van der Waals surface area contributed by atoms with Crippen LogP contribution in [0.5, 0.6) is 0 Å². The molecule has 2 aromatic heterocycles. The first kappa shape index (κ1) is 20.6. The summed E-state index contributed by atoms with van der Waals surface area (Å²) in [5, 5.41) is 12.3. The van der Waals surface area contributed by atoms with Crippen molar-refractivity contribution in [1.82, 2.24) is 9.13 Å². The van der Waals surface area contributed by atoms with Crippen LogP contribution < -0.4 is 0 Å². The summed E-state index contributed by atoms with van der Waals surface area (Å²) < 4.78 is 4.86. The Hall–Kier alpha value is -3.01. The van der Waals surface area contributed by atoms with E-state index in [1.807, 2.05) is 6.07 Å². The molecule has 1 aliphatic heterocycles. The average molecular weight is 441 g/mol. The number of hydrogen-bond acceptors (Lipinski definition) is 1. The minimum atomic E-state index is -0.852. The van der Waals surface area contributed by atoms with Crippen molar-refractivity contribution >= 4 is 27.8 Å². The Kier molecular flexibility index (Phi) is 5.05. The van der Waals surface area contributed by atoms with E-state index in [4.69, 9.17) is 0 Å². The van der Waals surface area contributed by atoms with Crippen LogP contribution in [-0.4, -0.2) is 20.2 Å². The number of rotatable bonds is 4. The third kappa shape index (κ3) is 3.30. The van der Waals surface area contributed by atoms with Crippen molar-refractivity contribution in [2.45, 2.75) is 77.2 Å². The minimum Gasteiger partial charge on any atom is -0.478 e. The number of carbonyl (C=O) groups is 1. The van der Waals surface area contributed by atoms with Crippen LogP contribution in [0.1, 0.15) is 84.8 Å². The maximum Gasteiger partial charge on any atom is 0.335 e. The molecular formula is C29H32N2O2. The number of nitrogens with zero attached hydrogens (tertiary/aromatic N) is 2. The Labute approximate surface area is 194 Å². The second-order valence-electron chi connectivity index (χ2n) is 9.99. The molecule has 4 heteroatoms. The lowest BCUT2D eigenvalue weighted by molar-refractivity contribution is 0.0697. The number of aromatic carboxylic acids is 1. The van der Waals surface area contributed by atoms with E-state index in [0.29, 0.717) is 11.5 Å². The van der Waals surface area contributed by atoms with E-state index in [0.717, 1.165) is 37.7 Å². The van der Waals surface area contributed by atoms with E-state index in [2.05, 4.69) is 46.5 Å². The van der Waals surface area contributed by atoms with Crippen molar-refractivity contribution in [3.05, 3.63) is 64.8 Å². The summed E-state index contributed by atoms with van der Waals surface area (Å²) in [6, 6.07) is 12.9. The van der Waals surface area contributed by atoms with Gasteiger partial charge < -0.3 is 14.2 Å². The fourth-order valence-electron chi connectivity index (χ4n) is 6.44. The van der Waals surface area contributed by atoms with Crippen molar-refractivity contribution in [1.29, 1.82) is 0 Å². The topological polar surface area (TPSA) is 47.2 Å². The average Bonchev–Trinajstić information content (AvgIpc) is 3.37. The molecule has 0 unspecified atom stereocenters. The predicted molar refractivity (Wildman–Crippen MR) is 134 cm³/mol. The van der Waals surface area contributed by atoms with Gasteiger partial charge in [0.15, 0.2) is 0 Å². The molecule has 1 N–H and O–H groups in total. The molecule has 0 atom stereocenters. The van der Waals surface area contributed by atoms with Crippen molar-refractivity contribution in [3.63, 3.8) is 0 Å². The zero-order chi connectivity index (χ0) is 22.5. The van der Waals surface area contributed by atoms with Gasteiger partial charge in [-0.05, 0) is 73.4 Å². The molecular weight excluding hydrogens is 408 g/mol. The van der Waals surface area contributed by atoms with E-state index < -0.39 is 5.97 Å². The van der Waals surface area contributed by atoms with Gasteiger partial charge in [-0.3, -0.25) is 0 Å². The molecule has 0 amide bonds. The van der Waals surface area contributed by atoms with Crippen LogP contribution in [-0.2, 0) is 19.4 Å². The highest BCUT2D eigenvalue weighted by Gasteiger charge is 2.29. The third-order valence-electron chi connectivity index (χ3n) is 7.85. The minimum absolute atomic E-state index is 0.377. The zero-order valence-corrected chi connectivity index (χ0v) is 19.4. The second kappa shape index (κ2) is 8.09. The number of fused-ring (bicyclic) bond motifs is 4. The first-order valence-electron chi connectivity index (χ1n) is 12.7. The van der Waals surface area contributed by atoms with Crippen molar-refractivity contribution < 1.29 is 9.90 Å². The third-order valence-corrected chi connectivity index (χ3v) is 7.85. The van der Waals surface area contributed by atoms with E-state index in [1.54, 1.807) is 6.07 Å². The van der Waals surface area contributed by atoms with E-state index in [9.17, 15) is 9.90 Å². The number of aryl methyl sites for hydroxylation is 3. The Morgan fingerprint density at radius 3 is 2.70 bits per heavy atom. The van der Waals surface area contributed by atoms with Gasteiger partial charge in [0.05, 0.1) is 16.6 Å². The SMILES string of the molecule is CCCc1cc2c3c(ccn3-c3c(C4CCCCC4)c4ccc(C(=O)O)cc4n3CCC2)c1. The van der Waals surface area contributed by atoms with Gasteiger partial charge in [0, 0.05) is 29.1 Å². The summed E-state index contributed by atoms with van der Waals surface area (Å²) in [5.74, 6) is 0.959. The van der Waals surface area contributed by atoms with Crippen LogP contribution in [0.3, 0.4) is 0 Å². The summed E-state index contributed by atoms with van der Waals surface area (Å²) in [6.07, 6.45) is 13.0. The maximum absolute atomic E-state index is 11.8. The van der Waals surface area contributed by atoms with E-state index >= 15 is 0 Å². The summed E-state index contributed by atoms with van der Waals surface area (Å²) >= 11 is 0. The molecule has 0 spiro atoms. The molecule has 2 aromatic carbocycles. The molecule has 3 heterocycles. The Bertz CT molecular complexity index is 1370. The second-order valence-corrected chi connectivity index (χ2v) is 9.99. The molecule has 1 fully saturated rings. The molecule has 0 bridgehead atoms. The highest BCUT2D eigenvalue weighted by atomic mass is 16.4. The summed E-state index contributed by atoms with van der Waals surface area (Å²) in [7, 11) is 0. The number of carboxylic acid groups (broad SMARTS) is 1. The smallest absolute Gasteiger partial charge is 0.335 e. The van der Waals surface area contributed by atoms with Crippen LogP contribution in [0.2, 0.25) is 0 Å². The summed E-state index contributed by atoms with van der Waals surface area (Å²) in [4.78, 5) is 11.8. The lowest BCUT2D eigenvalue weighted by atomic mass is 9.83. The quantitative estimate of drug-likeness (QED) is 0.364. The van der Waals surface area contributed by atoms with Gasteiger partial charge in [-0.25, -0.2) is 4.79 Å². The van der Waals surface area contributed by atoms with Gasteiger partial charge in [0.1, 0.15) is 5.82 Å². The Morgan fingerprint density at radius 2 is 1.91 bits per heavy atom. The first-order valence-corrected chi connectivity index (χ1v) is 12.7. The number of benzene rings is 2. The Balaban J connectivity index is 1.67. The first-order chi connectivity index (χ1) is 16.2. The van der Waals surface area contributed by atoms with Crippen LogP contribution in [0.4, 0.5) is 0 Å². The molecule has 1 aliphatic carbocycles. The molecule has 2 aliphatic rings. The normalized spacial score (nSPS) is 16.6. The molecule has 4 nitrogen and oxygen atoms in total. The van der Waals surface area contributed by atoms with Crippen LogP contribution >= 0.6 is 0 Å². The molecule has 6 rings (SSSR count). The zero-order valence-electron chi connectivity index (χ0n) is 19.4. The van der Waals surface area contributed by atoms with Crippen LogP contribution in [0, 0.1) is 0 Å². The van der Waals surface area contributed by atoms with Gasteiger partial charge in [-0.15, -0.1) is 0 Å². The summed E-state index contributed by atoms with van der Waals surface area (Å²) in [6.45, 7) is 3.16. The van der Waals surface area contributed by atoms with Gasteiger partial charge in [0.25, 0.3) is 0 Å². The lowest BCUT2D eigenvalue weighted by Gasteiger charge is -2.25. The van der Waals surface area contributed by atoms with Crippen molar-refractivity contribution in [3.8, 4) is 5.82 Å². The highest BCUT2D eigenvalue weighted by Crippen LogP contribution is 2.44. The molecule has 1 saturated carbocycles. The molecule has 4 aromatic rings. The monoisotopic (exact) mass is 440 g/mol. The fourth-order valence-corrected chi connectivity index (χ4v) is 6.44. The number of aromatic nitrogens is 2. The van der Waals surface area contributed by atoms with Gasteiger partial charge in [0.2, 0.25) is 0 Å². The van der Waals surface area contributed by atoms with E-state index in [1.165, 1.54) is 70.9 Å².